The molecule has 0 aromatic heterocycles. The molecule has 0 aliphatic carbocycles. The van der Waals surface area contributed by atoms with Crippen LogP contribution in [0.5, 0.6) is 0 Å². The van der Waals surface area contributed by atoms with E-state index in [1.54, 1.807) is 17.0 Å². The van der Waals surface area contributed by atoms with E-state index in [-0.39, 0.29) is 18.4 Å². The number of halogens is 2. The molecule has 1 N–H and O–H groups in total. The summed E-state index contributed by atoms with van der Waals surface area (Å²) in [5.74, 6) is -0.00924. The van der Waals surface area contributed by atoms with E-state index in [0.29, 0.717) is 28.7 Å². The van der Waals surface area contributed by atoms with Crippen molar-refractivity contribution in [3.8, 4) is 0 Å². The van der Waals surface area contributed by atoms with Crippen LogP contribution in [0.2, 0.25) is 10.0 Å². The number of nitrogens with zero attached hydrogens (tertiary/aromatic N) is 1. The lowest BCUT2D eigenvalue weighted by molar-refractivity contribution is -0.117. The molecular weight excluding hydrogens is 261 g/mol. The van der Waals surface area contributed by atoms with Crippen molar-refractivity contribution < 1.29 is 9.90 Å². The predicted octanol–water partition coefficient (Wildman–Crippen LogP) is 2.65. The van der Waals surface area contributed by atoms with Crippen molar-refractivity contribution in [1.29, 1.82) is 0 Å². The lowest BCUT2D eigenvalue weighted by Gasteiger charge is -2.20. The number of aliphatic hydroxyl groups is 1. The Balaban J connectivity index is 2.38. The highest BCUT2D eigenvalue weighted by Gasteiger charge is 2.32. The van der Waals surface area contributed by atoms with Crippen molar-refractivity contribution in [2.75, 3.05) is 18.1 Å². The Bertz CT molecular complexity index is 439. The second-order valence-electron chi connectivity index (χ2n) is 4.31. The third-order valence-corrected chi connectivity index (χ3v) is 3.46. The van der Waals surface area contributed by atoms with Crippen molar-refractivity contribution in [2.24, 2.45) is 5.92 Å². The maximum atomic E-state index is 11.9. The average Bonchev–Trinajstić information content (AvgIpc) is 2.59. The van der Waals surface area contributed by atoms with E-state index in [2.05, 4.69) is 0 Å². The van der Waals surface area contributed by atoms with E-state index in [9.17, 15) is 4.79 Å². The molecule has 3 nitrogen and oxygen atoms in total. The summed E-state index contributed by atoms with van der Waals surface area (Å²) >= 11 is 12.0. The van der Waals surface area contributed by atoms with Crippen molar-refractivity contribution in [3.63, 3.8) is 0 Å². The van der Waals surface area contributed by atoms with Crippen LogP contribution in [0, 0.1) is 12.8 Å². The first kappa shape index (κ1) is 12.7. The normalized spacial score (nSPS) is 20.1. The van der Waals surface area contributed by atoms with E-state index in [1.165, 1.54) is 0 Å². The van der Waals surface area contributed by atoms with Gasteiger partial charge in [0.15, 0.2) is 0 Å². The van der Waals surface area contributed by atoms with Crippen LogP contribution in [0.25, 0.3) is 0 Å². The fourth-order valence-electron chi connectivity index (χ4n) is 2.16. The molecule has 92 valence electrons. The molecule has 1 unspecified atom stereocenters. The van der Waals surface area contributed by atoms with Crippen molar-refractivity contribution in [2.45, 2.75) is 13.3 Å². The number of carbonyl (C=O) groups is 1. The van der Waals surface area contributed by atoms with Crippen LogP contribution < -0.4 is 4.90 Å². The lowest BCUT2D eigenvalue weighted by Crippen LogP contribution is -2.26. The molecule has 17 heavy (non-hydrogen) atoms. The van der Waals surface area contributed by atoms with Crippen molar-refractivity contribution in [1.82, 2.24) is 0 Å². The minimum Gasteiger partial charge on any atom is -0.396 e. The molecule has 1 aliphatic rings. The number of aryl methyl sites for hydroxylation is 1. The van der Waals surface area contributed by atoms with Gasteiger partial charge in [0.2, 0.25) is 5.91 Å². The van der Waals surface area contributed by atoms with Crippen LogP contribution >= 0.6 is 23.2 Å². The maximum Gasteiger partial charge on any atom is 0.227 e. The second kappa shape index (κ2) is 4.84. The topological polar surface area (TPSA) is 40.5 Å². The highest BCUT2D eigenvalue weighted by atomic mass is 35.5. The highest BCUT2D eigenvalue weighted by molar-refractivity contribution is 6.37. The molecule has 0 radical (unpaired) electrons. The van der Waals surface area contributed by atoms with Gasteiger partial charge in [-0.15, -0.1) is 0 Å². The van der Waals surface area contributed by atoms with Gasteiger partial charge >= 0.3 is 0 Å². The first-order valence-electron chi connectivity index (χ1n) is 5.39. The Hall–Kier alpha value is -0.770. The Morgan fingerprint density at radius 3 is 2.71 bits per heavy atom. The maximum absolute atomic E-state index is 11.9. The molecule has 1 heterocycles. The number of benzene rings is 1. The molecule has 1 fully saturated rings. The lowest BCUT2D eigenvalue weighted by atomic mass is 10.1. The van der Waals surface area contributed by atoms with E-state index in [4.69, 9.17) is 28.3 Å². The van der Waals surface area contributed by atoms with Gasteiger partial charge in [0.1, 0.15) is 0 Å². The zero-order valence-electron chi connectivity index (χ0n) is 9.41. The molecule has 0 saturated carbocycles. The monoisotopic (exact) mass is 273 g/mol. The Kier molecular flexibility index (Phi) is 3.61. The standard InChI is InChI=1S/C12H13Cl2NO2/c1-7-2-9(13)4-10(14)12(7)15-5-8(6-16)3-11(15)17/h2,4,8,16H,3,5-6H2,1H3. The van der Waals surface area contributed by atoms with Crippen molar-refractivity contribution >= 4 is 34.8 Å². The fourth-order valence-corrected chi connectivity index (χ4v) is 2.85. The molecule has 1 atom stereocenters. The van der Waals surface area contributed by atoms with Crippen LogP contribution in [0.3, 0.4) is 0 Å². The third-order valence-electron chi connectivity index (χ3n) is 2.95. The van der Waals surface area contributed by atoms with E-state index < -0.39 is 0 Å². The minimum absolute atomic E-state index is 0.00336. The summed E-state index contributed by atoms with van der Waals surface area (Å²) in [7, 11) is 0. The van der Waals surface area contributed by atoms with Gasteiger partial charge in [0.05, 0.1) is 10.7 Å². The molecule has 0 bridgehead atoms. The summed E-state index contributed by atoms with van der Waals surface area (Å²) in [5.41, 5.74) is 1.58. The summed E-state index contributed by atoms with van der Waals surface area (Å²) in [6.45, 7) is 2.40. The van der Waals surface area contributed by atoms with Gasteiger partial charge < -0.3 is 10.0 Å². The molecule has 1 aromatic rings. The smallest absolute Gasteiger partial charge is 0.227 e. The first-order valence-corrected chi connectivity index (χ1v) is 6.15. The molecular formula is C12H13Cl2NO2. The quantitative estimate of drug-likeness (QED) is 0.900. The van der Waals surface area contributed by atoms with Crippen molar-refractivity contribution in [3.05, 3.63) is 27.7 Å². The molecule has 1 saturated heterocycles. The summed E-state index contributed by atoms with van der Waals surface area (Å²) < 4.78 is 0. The second-order valence-corrected chi connectivity index (χ2v) is 5.15. The summed E-state index contributed by atoms with van der Waals surface area (Å²) in [4.78, 5) is 13.5. The van der Waals surface area contributed by atoms with Crippen LogP contribution in [0.15, 0.2) is 12.1 Å². The zero-order valence-corrected chi connectivity index (χ0v) is 10.9. The first-order chi connectivity index (χ1) is 8.02. The summed E-state index contributed by atoms with van der Waals surface area (Å²) in [6.07, 6.45) is 0.370. The number of rotatable bonds is 2. The molecule has 2 rings (SSSR count). The Morgan fingerprint density at radius 2 is 2.18 bits per heavy atom. The van der Waals surface area contributed by atoms with E-state index in [0.717, 1.165) is 5.56 Å². The fraction of sp³-hybridized carbons (Fsp3) is 0.417. The van der Waals surface area contributed by atoms with Crippen LogP contribution in [-0.4, -0.2) is 24.2 Å². The van der Waals surface area contributed by atoms with Gasteiger partial charge in [0, 0.05) is 30.5 Å². The SMILES string of the molecule is Cc1cc(Cl)cc(Cl)c1N1CC(CO)CC1=O. The largest absolute Gasteiger partial charge is 0.396 e. The number of carbonyl (C=O) groups excluding carboxylic acids is 1. The van der Waals surface area contributed by atoms with Gasteiger partial charge in [-0.3, -0.25) is 4.79 Å². The predicted molar refractivity (Wildman–Crippen MR) is 68.7 cm³/mol. The third kappa shape index (κ3) is 2.41. The minimum atomic E-state index is -0.00588. The highest BCUT2D eigenvalue weighted by Crippen LogP contribution is 2.36. The zero-order chi connectivity index (χ0) is 12.6. The van der Waals surface area contributed by atoms with E-state index in [1.807, 2.05) is 6.92 Å². The van der Waals surface area contributed by atoms with E-state index >= 15 is 0 Å². The number of hydrogen-bond donors (Lipinski definition) is 1. The molecule has 1 aromatic carbocycles. The Morgan fingerprint density at radius 1 is 1.47 bits per heavy atom. The average molecular weight is 274 g/mol. The Labute approximate surface area is 110 Å². The number of anilines is 1. The van der Waals surface area contributed by atoms with Gasteiger partial charge in [-0.05, 0) is 24.6 Å². The molecule has 1 amide bonds. The summed E-state index contributed by atoms with van der Waals surface area (Å²) in [6, 6.07) is 3.41. The molecule has 1 aliphatic heterocycles. The molecule has 0 spiro atoms. The van der Waals surface area contributed by atoms with Crippen LogP contribution in [0.1, 0.15) is 12.0 Å². The number of amides is 1. The van der Waals surface area contributed by atoms with Crippen LogP contribution in [-0.2, 0) is 4.79 Å². The molecule has 5 heteroatoms. The van der Waals surface area contributed by atoms with Gasteiger partial charge in [-0.1, -0.05) is 23.2 Å². The number of aliphatic hydroxyl groups excluding tert-OH is 1. The van der Waals surface area contributed by atoms with Gasteiger partial charge in [-0.25, -0.2) is 0 Å². The number of hydrogen-bond acceptors (Lipinski definition) is 2. The summed E-state index contributed by atoms with van der Waals surface area (Å²) in [5, 5.41) is 10.1. The van der Waals surface area contributed by atoms with Gasteiger partial charge in [0.25, 0.3) is 0 Å². The van der Waals surface area contributed by atoms with Gasteiger partial charge in [-0.2, -0.15) is 0 Å². The van der Waals surface area contributed by atoms with Crippen LogP contribution in [0.4, 0.5) is 5.69 Å².